The normalized spacial score (nSPS) is 12.5. The van der Waals surface area contributed by atoms with Gasteiger partial charge in [0.25, 0.3) is 0 Å². The number of benzene rings is 4. The van der Waals surface area contributed by atoms with Gasteiger partial charge >= 0.3 is 0 Å². The van der Waals surface area contributed by atoms with Gasteiger partial charge in [-0.05, 0) is 81.6 Å². The SMILES string of the molecule is CC(C)(C)c1ccc2oc(-c3ccc(-c4ccc(-c5nc6cc(C(C)(C)C)ccc6o5)cc4)cc3)nc2c1. The van der Waals surface area contributed by atoms with Crippen LogP contribution in [0.25, 0.3) is 56.2 Å². The van der Waals surface area contributed by atoms with Crippen LogP contribution in [0, 0.1) is 0 Å². The van der Waals surface area contributed by atoms with Gasteiger partial charge in [-0.25, -0.2) is 9.97 Å². The van der Waals surface area contributed by atoms with E-state index in [0.717, 1.165) is 44.5 Å². The number of rotatable bonds is 3. The second-order valence-electron chi connectivity index (χ2n) is 12.1. The average Bonchev–Trinajstić information content (AvgIpc) is 3.51. The van der Waals surface area contributed by atoms with Gasteiger partial charge in [-0.2, -0.15) is 0 Å². The molecule has 0 amide bonds. The molecular formula is C34H32N2O2. The summed E-state index contributed by atoms with van der Waals surface area (Å²) in [7, 11) is 0. The van der Waals surface area contributed by atoms with E-state index in [1.165, 1.54) is 11.1 Å². The molecule has 0 N–H and O–H groups in total. The van der Waals surface area contributed by atoms with Crippen LogP contribution in [0.5, 0.6) is 0 Å². The van der Waals surface area contributed by atoms with Gasteiger partial charge in [0.15, 0.2) is 11.2 Å². The Morgan fingerprint density at radius 2 is 0.789 bits per heavy atom. The maximum atomic E-state index is 6.05. The maximum Gasteiger partial charge on any atom is 0.227 e. The Hall–Kier alpha value is -4.18. The van der Waals surface area contributed by atoms with Crippen LogP contribution < -0.4 is 0 Å². The highest BCUT2D eigenvalue weighted by Gasteiger charge is 2.18. The molecule has 0 saturated heterocycles. The number of fused-ring (bicyclic) bond motifs is 2. The highest BCUT2D eigenvalue weighted by molar-refractivity contribution is 5.79. The zero-order valence-corrected chi connectivity index (χ0v) is 22.8. The van der Waals surface area contributed by atoms with Crippen molar-refractivity contribution < 1.29 is 8.83 Å². The van der Waals surface area contributed by atoms with Crippen LogP contribution in [0.1, 0.15) is 52.7 Å². The lowest BCUT2D eigenvalue weighted by atomic mass is 9.87. The van der Waals surface area contributed by atoms with E-state index in [-0.39, 0.29) is 10.8 Å². The summed E-state index contributed by atoms with van der Waals surface area (Å²) in [5.74, 6) is 1.28. The number of aromatic nitrogens is 2. The summed E-state index contributed by atoms with van der Waals surface area (Å²) in [5, 5.41) is 0. The van der Waals surface area contributed by atoms with Crippen molar-refractivity contribution in [2.45, 2.75) is 52.4 Å². The first kappa shape index (κ1) is 24.2. The van der Waals surface area contributed by atoms with Crippen LogP contribution in [-0.4, -0.2) is 9.97 Å². The van der Waals surface area contributed by atoms with Gasteiger partial charge in [0.2, 0.25) is 11.8 Å². The van der Waals surface area contributed by atoms with Gasteiger partial charge in [0, 0.05) is 11.1 Å². The fraction of sp³-hybridized carbons (Fsp3) is 0.235. The number of oxazole rings is 2. The van der Waals surface area contributed by atoms with Gasteiger partial charge in [-0.1, -0.05) is 77.9 Å². The lowest BCUT2D eigenvalue weighted by Gasteiger charge is -2.18. The molecule has 0 fully saturated rings. The lowest BCUT2D eigenvalue weighted by Crippen LogP contribution is -2.10. The quantitative estimate of drug-likeness (QED) is 0.243. The molecule has 6 rings (SSSR count). The molecule has 2 heterocycles. The maximum absolute atomic E-state index is 6.05. The Morgan fingerprint density at radius 1 is 0.447 bits per heavy atom. The van der Waals surface area contributed by atoms with Crippen molar-refractivity contribution in [3.63, 3.8) is 0 Å². The molecule has 4 nitrogen and oxygen atoms in total. The van der Waals surface area contributed by atoms with Crippen LogP contribution in [-0.2, 0) is 10.8 Å². The van der Waals surface area contributed by atoms with E-state index in [4.69, 9.17) is 18.8 Å². The van der Waals surface area contributed by atoms with Crippen molar-refractivity contribution in [1.29, 1.82) is 0 Å². The van der Waals surface area contributed by atoms with E-state index in [2.05, 4.69) is 114 Å². The molecule has 190 valence electrons. The first-order valence-corrected chi connectivity index (χ1v) is 13.1. The smallest absolute Gasteiger partial charge is 0.227 e. The van der Waals surface area contributed by atoms with Crippen molar-refractivity contribution in [1.82, 2.24) is 9.97 Å². The molecule has 38 heavy (non-hydrogen) atoms. The average molecular weight is 501 g/mol. The third-order valence-electron chi connectivity index (χ3n) is 7.10. The zero-order chi connectivity index (χ0) is 26.7. The molecule has 4 aromatic carbocycles. The molecule has 0 unspecified atom stereocenters. The molecular weight excluding hydrogens is 468 g/mol. The van der Waals surface area contributed by atoms with Gasteiger partial charge in [-0.3, -0.25) is 0 Å². The van der Waals surface area contributed by atoms with E-state index < -0.39 is 0 Å². The fourth-order valence-corrected chi connectivity index (χ4v) is 4.65. The molecule has 0 aliphatic carbocycles. The second-order valence-corrected chi connectivity index (χ2v) is 12.1. The summed E-state index contributed by atoms with van der Waals surface area (Å²) in [6.07, 6.45) is 0. The molecule has 0 spiro atoms. The summed E-state index contributed by atoms with van der Waals surface area (Å²) in [6.45, 7) is 13.2. The van der Waals surface area contributed by atoms with Crippen molar-refractivity contribution in [2.24, 2.45) is 0 Å². The van der Waals surface area contributed by atoms with Gasteiger partial charge in [0.05, 0.1) is 0 Å². The first-order chi connectivity index (χ1) is 18.0. The molecule has 2 aromatic heterocycles. The molecule has 0 atom stereocenters. The van der Waals surface area contributed by atoms with Crippen molar-refractivity contribution in [2.75, 3.05) is 0 Å². The predicted octanol–water partition coefficient (Wildman–Crippen LogP) is 9.56. The fourth-order valence-electron chi connectivity index (χ4n) is 4.65. The molecule has 0 bridgehead atoms. The predicted molar refractivity (Wildman–Crippen MR) is 155 cm³/mol. The van der Waals surface area contributed by atoms with Crippen molar-refractivity contribution in [3.8, 4) is 34.0 Å². The number of hydrogen-bond acceptors (Lipinski definition) is 4. The van der Waals surface area contributed by atoms with Crippen LogP contribution >= 0.6 is 0 Å². The summed E-state index contributed by atoms with van der Waals surface area (Å²) >= 11 is 0. The van der Waals surface area contributed by atoms with Gasteiger partial charge < -0.3 is 8.83 Å². The number of nitrogens with zero attached hydrogens (tertiary/aromatic N) is 2. The second kappa shape index (κ2) is 8.70. The van der Waals surface area contributed by atoms with Crippen LogP contribution in [0.4, 0.5) is 0 Å². The Kier molecular flexibility index (Phi) is 5.53. The van der Waals surface area contributed by atoms with Gasteiger partial charge in [0.1, 0.15) is 11.0 Å². The highest BCUT2D eigenvalue weighted by Crippen LogP contribution is 2.32. The minimum atomic E-state index is 0.0702. The summed E-state index contributed by atoms with van der Waals surface area (Å²) < 4.78 is 12.1. The minimum absolute atomic E-state index is 0.0702. The molecule has 0 aliphatic heterocycles. The van der Waals surface area contributed by atoms with Crippen LogP contribution in [0.15, 0.2) is 93.8 Å². The van der Waals surface area contributed by atoms with E-state index in [9.17, 15) is 0 Å². The summed E-state index contributed by atoms with van der Waals surface area (Å²) in [5.41, 5.74) is 10.2. The standard InChI is InChI=1S/C34H32N2O2/c1-33(2,3)25-15-17-29-27(19-25)35-31(37-29)23-11-7-21(8-12-23)22-9-13-24(14-10-22)32-36-28-20-26(34(4,5)6)16-18-30(28)38-32/h7-20H,1-6H3. The Morgan fingerprint density at radius 3 is 1.13 bits per heavy atom. The van der Waals surface area contributed by atoms with E-state index in [0.29, 0.717) is 11.8 Å². The third kappa shape index (κ3) is 4.51. The molecule has 6 aromatic rings. The monoisotopic (exact) mass is 500 g/mol. The minimum Gasteiger partial charge on any atom is -0.436 e. The van der Waals surface area contributed by atoms with Crippen molar-refractivity contribution in [3.05, 3.63) is 96.1 Å². The van der Waals surface area contributed by atoms with Gasteiger partial charge in [-0.15, -0.1) is 0 Å². The Bertz CT molecular complexity index is 1620. The largest absolute Gasteiger partial charge is 0.436 e. The molecule has 0 saturated carbocycles. The van der Waals surface area contributed by atoms with E-state index in [1.54, 1.807) is 0 Å². The Balaban J connectivity index is 1.24. The summed E-state index contributed by atoms with van der Waals surface area (Å²) in [6, 6.07) is 29.2. The molecule has 4 heteroatoms. The molecule has 0 radical (unpaired) electrons. The first-order valence-electron chi connectivity index (χ1n) is 13.1. The highest BCUT2D eigenvalue weighted by atomic mass is 16.4. The van der Waals surface area contributed by atoms with E-state index in [1.807, 2.05) is 12.1 Å². The van der Waals surface area contributed by atoms with Crippen LogP contribution in [0.2, 0.25) is 0 Å². The Labute approximate surface area is 223 Å². The topological polar surface area (TPSA) is 52.1 Å². The third-order valence-corrected chi connectivity index (χ3v) is 7.10. The number of hydrogen-bond donors (Lipinski definition) is 0. The summed E-state index contributed by atoms with van der Waals surface area (Å²) in [4.78, 5) is 9.51. The molecule has 0 aliphatic rings. The van der Waals surface area contributed by atoms with E-state index >= 15 is 0 Å². The van der Waals surface area contributed by atoms with Crippen molar-refractivity contribution >= 4 is 22.2 Å². The lowest BCUT2D eigenvalue weighted by molar-refractivity contribution is 0.589. The zero-order valence-electron chi connectivity index (χ0n) is 22.8. The van der Waals surface area contributed by atoms with Crippen LogP contribution in [0.3, 0.4) is 0 Å².